The minimum Gasteiger partial charge on any atom is -0.508 e. The maximum atomic E-state index is 10.1. The van der Waals surface area contributed by atoms with Crippen LogP contribution in [-0.2, 0) is 6.42 Å². The van der Waals surface area contributed by atoms with Crippen molar-refractivity contribution in [3.05, 3.63) is 53.3 Å². The first-order valence-electron chi connectivity index (χ1n) is 7.60. The van der Waals surface area contributed by atoms with Gasteiger partial charge in [0, 0.05) is 42.7 Å². The van der Waals surface area contributed by atoms with Gasteiger partial charge in [-0.05, 0) is 42.5 Å². The molecule has 2 heterocycles. The molecule has 114 valence electrons. The van der Waals surface area contributed by atoms with Gasteiger partial charge in [0.15, 0.2) is 0 Å². The van der Waals surface area contributed by atoms with E-state index in [0.717, 1.165) is 35.4 Å². The number of ether oxygens (including phenoxy) is 1. The number of nitrogens with zero attached hydrogens (tertiary/aromatic N) is 2. The van der Waals surface area contributed by atoms with Crippen molar-refractivity contribution >= 4 is 5.71 Å². The molecule has 0 fully saturated rings. The van der Waals surface area contributed by atoms with Crippen LogP contribution in [0.1, 0.15) is 36.0 Å². The SMILES string of the molecule is COc1ccc(Cc2cncc(C3=NCCCC3)c2)c(O)c1. The van der Waals surface area contributed by atoms with Crippen molar-refractivity contribution in [2.24, 2.45) is 4.99 Å². The lowest BCUT2D eigenvalue weighted by Crippen LogP contribution is -2.08. The van der Waals surface area contributed by atoms with Gasteiger partial charge in [0.05, 0.1) is 7.11 Å². The summed E-state index contributed by atoms with van der Waals surface area (Å²) in [6.07, 6.45) is 7.76. The number of hydrogen-bond acceptors (Lipinski definition) is 4. The molecular weight excluding hydrogens is 276 g/mol. The van der Waals surface area contributed by atoms with Crippen LogP contribution in [0.25, 0.3) is 0 Å². The third-order valence-corrected chi connectivity index (χ3v) is 3.94. The zero-order valence-electron chi connectivity index (χ0n) is 12.7. The van der Waals surface area contributed by atoms with Crippen LogP contribution in [0.5, 0.6) is 11.5 Å². The molecule has 22 heavy (non-hydrogen) atoms. The Morgan fingerprint density at radius 2 is 2.09 bits per heavy atom. The quantitative estimate of drug-likeness (QED) is 0.941. The second kappa shape index (κ2) is 6.60. The van der Waals surface area contributed by atoms with E-state index < -0.39 is 0 Å². The summed E-state index contributed by atoms with van der Waals surface area (Å²) in [6.45, 7) is 0.916. The Bertz CT molecular complexity index is 695. The highest BCUT2D eigenvalue weighted by Gasteiger charge is 2.10. The van der Waals surface area contributed by atoms with Gasteiger partial charge in [-0.1, -0.05) is 6.07 Å². The van der Waals surface area contributed by atoms with E-state index in [9.17, 15) is 5.11 Å². The van der Waals surface area contributed by atoms with E-state index in [2.05, 4.69) is 16.0 Å². The predicted molar refractivity (Wildman–Crippen MR) is 87.0 cm³/mol. The molecule has 0 saturated carbocycles. The lowest BCUT2D eigenvalue weighted by Gasteiger charge is -2.13. The first kappa shape index (κ1) is 14.6. The summed E-state index contributed by atoms with van der Waals surface area (Å²) in [4.78, 5) is 8.93. The van der Waals surface area contributed by atoms with Gasteiger partial charge < -0.3 is 9.84 Å². The van der Waals surface area contributed by atoms with E-state index in [-0.39, 0.29) is 5.75 Å². The van der Waals surface area contributed by atoms with Crippen LogP contribution in [0.3, 0.4) is 0 Å². The number of methoxy groups -OCH3 is 1. The minimum atomic E-state index is 0.250. The highest BCUT2D eigenvalue weighted by molar-refractivity contribution is 6.00. The van der Waals surface area contributed by atoms with E-state index >= 15 is 0 Å². The number of pyridine rings is 1. The summed E-state index contributed by atoms with van der Waals surface area (Å²) in [5.41, 5.74) is 4.20. The molecule has 1 aliphatic rings. The molecule has 1 aromatic carbocycles. The molecule has 0 spiro atoms. The fourth-order valence-electron chi connectivity index (χ4n) is 2.72. The second-order valence-electron chi connectivity index (χ2n) is 5.54. The monoisotopic (exact) mass is 296 g/mol. The number of benzene rings is 1. The van der Waals surface area contributed by atoms with E-state index in [4.69, 9.17) is 4.74 Å². The number of phenolic OH excluding ortho intramolecular Hbond substituents is 1. The van der Waals surface area contributed by atoms with Crippen LogP contribution in [0.4, 0.5) is 0 Å². The second-order valence-corrected chi connectivity index (χ2v) is 5.54. The van der Waals surface area contributed by atoms with Crippen molar-refractivity contribution in [2.75, 3.05) is 13.7 Å². The Labute approximate surface area is 130 Å². The number of aliphatic imine (C=N–C) groups is 1. The topological polar surface area (TPSA) is 54.7 Å². The smallest absolute Gasteiger partial charge is 0.122 e. The van der Waals surface area contributed by atoms with Gasteiger partial charge in [0.1, 0.15) is 11.5 Å². The summed E-state index contributed by atoms with van der Waals surface area (Å²) in [6, 6.07) is 7.51. The van der Waals surface area contributed by atoms with Crippen molar-refractivity contribution < 1.29 is 9.84 Å². The maximum Gasteiger partial charge on any atom is 0.122 e. The first-order chi connectivity index (χ1) is 10.8. The molecule has 0 unspecified atom stereocenters. The molecular formula is C18H20N2O2. The van der Waals surface area contributed by atoms with Gasteiger partial charge in [0.2, 0.25) is 0 Å². The third kappa shape index (κ3) is 3.27. The number of phenols is 1. The summed E-state index contributed by atoms with van der Waals surface area (Å²) in [7, 11) is 1.59. The summed E-state index contributed by atoms with van der Waals surface area (Å²) in [5, 5.41) is 10.1. The summed E-state index contributed by atoms with van der Waals surface area (Å²) in [5.74, 6) is 0.907. The molecule has 4 nitrogen and oxygen atoms in total. The summed E-state index contributed by atoms with van der Waals surface area (Å²) < 4.78 is 5.11. The van der Waals surface area contributed by atoms with Gasteiger partial charge in [-0.2, -0.15) is 0 Å². The average Bonchev–Trinajstić information content (AvgIpc) is 2.58. The zero-order valence-corrected chi connectivity index (χ0v) is 12.7. The number of rotatable bonds is 4. The number of hydrogen-bond donors (Lipinski definition) is 1. The molecule has 2 aromatic rings. The van der Waals surface area contributed by atoms with E-state index in [1.807, 2.05) is 24.5 Å². The fourth-order valence-corrected chi connectivity index (χ4v) is 2.72. The maximum absolute atomic E-state index is 10.1. The zero-order chi connectivity index (χ0) is 15.4. The minimum absolute atomic E-state index is 0.250. The molecule has 1 aliphatic heterocycles. The Kier molecular flexibility index (Phi) is 4.37. The highest BCUT2D eigenvalue weighted by Crippen LogP contribution is 2.26. The average molecular weight is 296 g/mol. The van der Waals surface area contributed by atoms with E-state index in [1.54, 1.807) is 13.2 Å². The Hall–Kier alpha value is -2.36. The van der Waals surface area contributed by atoms with E-state index in [1.165, 1.54) is 12.8 Å². The molecule has 0 saturated heterocycles. The molecule has 1 N–H and O–H groups in total. The molecule has 0 radical (unpaired) electrons. The van der Waals surface area contributed by atoms with Crippen LogP contribution in [0.15, 0.2) is 41.7 Å². The largest absolute Gasteiger partial charge is 0.508 e. The van der Waals surface area contributed by atoms with Crippen LogP contribution in [-0.4, -0.2) is 29.5 Å². The molecule has 0 aliphatic carbocycles. The molecule has 0 amide bonds. The van der Waals surface area contributed by atoms with Crippen LogP contribution < -0.4 is 4.74 Å². The number of aromatic nitrogens is 1. The Morgan fingerprint density at radius 1 is 1.18 bits per heavy atom. The fraction of sp³-hybridized carbons (Fsp3) is 0.333. The Balaban J connectivity index is 1.82. The van der Waals surface area contributed by atoms with Gasteiger partial charge >= 0.3 is 0 Å². The molecule has 3 rings (SSSR count). The van der Waals surface area contributed by atoms with Crippen molar-refractivity contribution in [1.29, 1.82) is 0 Å². The first-order valence-corrected chi connectivity index (χ1v) is 7.60. The lowest BCUT2D eigenvalue weighted by atomic mass is 9.99. The molecule has 1 aromatic heterocycles. The normalized spacial score (nSPS) is 14.5. The molecule has 0 atom stereocenters. The van der Waals surface area contributed by atoms with Crippen LogP contribution >= 0.6 is 0 Å². The standard InChI is InChI=1S/C18H20N2O2/c1-22-16-6-5-14(18(21)10-16)8-13-9-15(12-19-11-13)17-4-2-3-7-20-17/h5-6,9-12,21H,2-4,7-8H2,1H3. The predicted octanol–water partition coefficient (Wildman–Crippen LogP) is 3.36. The van der Waals surface area contributed by atoms with Crippen LogP contribution in [0, 0.1) is 0 Å². The van der Waals surface area contributed by atoms with Gasteiger partial charge in [-0.15, -0.1) is 0 Å². The third-order valence-electron chi connectivity index (χ3n) is 3.94. The number of aromatic hydroxyl groups is 1. The highest BCUT2D eigenvalue weighted by atomic mass is 16.5. The van der Waals surface area contributed by atoms with Crippen molar-refractivity contribution in [3.8, 4) is 11.5 Å². The van der Waals surface area contributed by atoms with Gasteiger partial charge in [-0.25, -0.2) is 0 Å². The van der Waals surface area contributed by atoms with Crippen molar-refractivity contribution in [2.45, 2.75) is 25.7 Å². The molecule has 4 heteroatoms. The molecule has 0 bridgehead atoms. The van der Waals surface area contributed by atoms with Crippen molar-refractivity contribution in [1.82, 2.24) is 4.98 Å². The Morgan fingerprint density at radius 3 is 2.82 bits per heavy atom. The van der Waals surface area contributed by atoms with Gasteiger partial charge in [-0.3, -0.25) is 9.98 Å². The van der Waals surface area contributed by atoms with Gasteiger partial charge in [0.25, 0.3) is 0 Å². The summed E-state index contributed by atoms with van der Waals surface area (Å²) >= 11 is 0. The van der Waals surface area contributed by atoms with Crippen LogP contribution in [0.2, 0.25) is 0 Å². The lowest BCUT2D eigenvalue weighted by molar-refractivity contribution is 0.406. The van der Waals surface area contributed by atoms with Crippen molar-refractivity contribution in [3.63, 3.8) is 0 Å². The van der Waals surface area contributed by atoms with E-state index in [0.29, 0.717) is 12.2 Å².